The van der Waals surface area contributed by atoms with Crippen molar-refractivity contribution in [1.29, 1.82) is 0 Å². The molecule has 1 aromatic carbocycles. The molecular weight excluding hydrogens is 270 g/mol. The van der Waals surface area contributed by atoms with E-state index in [2.05, 4.69) is 5.32 Å². The van der Waals surface area contributed by atoms with Crippen molar-refractivity contribution in [1.82, 2.24) is 5.32 Å². The molecule has 0 radical (unpaired) electrons. The van der Waals surface area contributed by atoms with Gasteiger partial charge in [0.05, 0.1) is 0 Å². The number of carbonyl (C=O) groups excluding carboxylic acids is 2. The molecule has 21 heavy (non-hydrogen) atoms. The van der Waals surface area contributed by atoms with E-state index in [4.69, 9.17) is 16.2 Å². The highest BCUT2D eigenvalue weighted by Gasteiger charge is 2.40. The van der Waals surface area contributed by atoms with Crippen molar-refractivity contribution in [3.05, 3.63) is 29.8 Å². The van der Waals surface area contributed by atoms with Crippen molar-refractivity contribution >= 4 is 11.8 Å². The van der Waals surface area contributed by atoms with Gasteiger partial charge in [0.2, 0.25) is 5.91 Å². The molecule has 1 fully saturated rings. The molecule has 0 bridgehead atoms. The summed E-state index contributed by atoms with van der Waals surface area (Å²) in [5.74, 6) is -0.203. The standard InChI is InChI=1S/C15H21N3O3/c16-8-9-21-12-5-3-4-11(10-12)13(19)18-15(14(17)20)6-1-2-7-15/h3-5,10H,1-2,6-9,16H2,(H2,17,20)(H,18,19). The number of primary amides is 1. The van der Waals surface area contributed by atoms with E-state index in [0.29, 0.717) is 37.3 Å². The number of hydrogen-bond acceptors (Lipinski definition) is 4. The molecule has 1 aliphatic carbocycles. The molecule has 0 atom stereocenters. The number of amides is 2. The average Bonchev–Trinajstić information content (AvgIpc) is 2.95. The molecule has 114 valence electrons. The van der Waals surface area contributed by atoms with Gasteiger partial charge in [0, 0.05) is 12.1 Å². The fourth-order valence-corrected chi connectivity index (χ4v) is 2.60. The van der Waals surface area contributed by atoms with E-state index in [0.717, 1.165) is 12.8 Å². The lowest BCUT2D eigenvalue weighted by Crippen LogP contribution is -2.55. The zero-order valence-electron chi connectivity index (χ0n) is 11.9. The summed E-state index contributed by atoms with van der Waals surface area (Å²) in [4.78, 5) is 24.0. The molecule has 0 saturated heterocycles. The summed E-state index contributed by atoms with van der Waals surface area (Å²) in [5.41, 5.74) is 10.4. The minimum absolute atomic E-state index is 0.311. The molecular formula is C15H21N3O3. The summed E-state index contributed by atoms with van der Waals surface area (Å²) in [7, 11) is 0. The molecule has 6 heteroatoms. The number of benzene rings is 1. The van der Waals surface area contributed by atoms with Gasteiger partial charge in [0.25, 0.3) is 5.91 Å². The van der Waals surface area contributed by atoms with Gasteiger partial charge in [0.15, 0.2) is 0 Å². The molecule has 1 saturated carbocycles. The third-order valence-corrected chi connectivity index (χ3v) is 3.76. The largest absolute Gasteiger partial charge is 0.492 e. The maximum absolute atomic E-state index is 12.3. The molecule has 0 spiro atoms. The first-order chi connectivity index (χ1) is 10.1. The highest BCUT2D eigenvalue weighted by atomic mass is 16.5. The molecule has 0 heterocycles. The fourth-order valence-electron chi connectivity index (χ4n) is 2.60. The molecule has 2 amide bonds. The summed E-state index contributed by atoms with van der Waals surface area (Å²) in [6.07, 6.45) is 2.97. The zero-order valence-corrected chi connectivity index (χ0v) is 11.9. The predicted molar refractivity (Wildman–Crippen MR) is 78.9 cm³/mol. The zero-order chi connectivity index (χ0) is 15.3. The maximum Gasteiger partial charge on any atom is 0.252 e. The Morgan fingerprint density at radius 3 is 2.62 bits per heavy atom. The minimum Gasteiger partial charge on any atom is -0.492 e. The Hall–Kier alpha value is -2.08. The van der Waals surface area contributed by atoms with Gasteiger partial charge in [-0.15, -0.1) is 0 Å². The van der Waals surface area contributed by atoms with Gasteiger partial charge in [-0.2, -0.15) is 0 Å². The van der Waals surface area contributed by atoms with Crippen molar-refractivity contribution in [2.75, 3.05) is 13.2 Å². The third-order valence-electron chi connectivity index (χ3n) is 3.76. The Morgan fingerprint density at radius 2 is 2.00 bits per heavy atom. The van der Waals surface area contributed by atoms with Crippen molar-refractivity contribution in [3.63, 3.8) is 0 Å². The van der Waals surface area contributed by atoms with Crippen molar-refractivity contribution < 1.29 is 14.3 Å². The van der Waals surface area contributed by atoms with Crippen LogP contribution >= 0.6 is 0 Å². The van der Waals surface area contributed by atoms with Gasteiger partial charge in [-0.25, -0.2) is 0 Å². The fraction of sp³-hybridized carbons (Fsp3) is 0.467. The predicted octanol–water partition coefficient (Wildman–Crippen LogP) is 0.552. The quantitative estimate of drug-likeness (QED) is 0.711. The Kier molecular flexibility index (Phi) is 4.80. The second-order valence-corrected chi connectivity index (χ2v) is 5.27. The molecule has 1 aromatic rings. The Balaban J connectivity index is 2.10. The van der Waals surface area contributed by atoms with Crippen LogP contribution in [0.25, 0.3) is 0 Å². The molecule has 0 unspecified atom stereocenters. The van der Waals surface area contributed by atoms with Gasteiger partial charge in [0.1, 0.15) is 17.9 Å². The van der Waals surface area contributed by atoms with E-state index in [9.17, 15) is 9.59 Å². The monoisotopic (exact) mass is 291 g/mol. The highest BCUT2D eigenvalue weighted by molar-refractivity contribution is 5.99. The van der Waals surface area contributed by atoms with Crippen molar-refractivity contribution in [2.45, 2.75) is 31.2 Å². The first-order valence-electron chi connectivity index (χ1n) is 7.13. The highest BCUT2D eigenvalue weighted by Crippen LogP contribution is 2.29. The number of carbonyl (C=O) groups is 2. The van der Waals surface area contributed by atoms with Gasteiger partial charge >= 0.3 is 0 Å². The third kappa shape index (κ3) is 3.52. The lowest BCUT2D eigenvalue weighted by Gasteiger charge is -2.26. The van der Waals surface area contributed by atoms with Crippen LogP contribution in [0.5, 0.6) is 5.75 Å². The van der Waals surface area contributed by atoms with Crippen LogP contribution in [0.1, 0.15) is 36.0 Å². The Bertz CT molecular complexity index is 525. The molecule has 2 rings (SSSR count). The van der Waals surface area contributed by atoms with Crippen LogP contribution in [-0.4, -0.2) is 30.5 Å². The number of rotatable bonds is 6. The van der Waals surface area contributed by atoms with Crippen LogP contribution in [0.4, 0.5) is 0 Å². The number of nitrogens with one attached hydrogen (secondary N) is 1. The van der Waals surface area contributed by atoms with E-state index >= 15 is 0 Å². The SMILES string of the molecule is NCCOc1cccc(C(=O)NC2(C(N)=O)CCCC2)c1. The second-order valence-electron chi connectivity index (χ2n) is 5.27. The van der Waals surface area contributed by atoms with E-state index in [1.165, 1.54) is 0 Å². The van der Waals surface area contributed by atoms with Gasteiger partial charge < -0.3 is 21.5 Å². The summed E-state index contributed by atoms with van der Waals surface area (Å²) in [6, 6.07) is 6.79. The number of nitrogens with two attached hydrogens (primary N) is 2. The normalized spacial score (nSPS) is 16.4. The Labute approximate surface area is 123 Å². The van der Waals surface area contributed by atoms with E-state index in [1.54, 1.807) is 24.3 Å². The van der Waals surface area contributed by atoms with Crippen molar-refractivity contribution in [3.8, 4) is 5.75 Å². The van der Waals surface area contributed by atoms with Gasteiger partial charge in [-0.3, -0.25) is 9.59 Å². The number of hydrogen-bond donors (Lipinski definition) is 3. The topological polar surface area (TPSA) is 107 Å². The van der Waals surface area contributed by atoms with Crippen LogP contribution in [0.15, 0.2) is 24.3 Å². The molecule has 6 nitrogen and oxygen atoms in total. The van der Waals surface area contributed by atoms with Crippen molar-refractivity contribution in [2.24, 2.45) is 11.5 Å². The van der Waals surface area contributed by atoms with E-state index in [1.807, 2.05) is 0 Å². The minimum atomic E-state index is -0.912. The molecule has 0 aliphatic heterocycles. The smallest absolute Gasteiger partial charge is 0.252 e. The van der Waals surface area contributed by atoms with Crippen LogP contribution in [-0.2, 0) is 4.79 Å². The first kappa shape index (κ1) is 15.3. The maximum atomic E-state index is 12.3. The van der Waals surface area contributed by atoms with Crippen LogP contribution < -0.4 is 21.5 Å². The number of ether oxygens (including phenoxy) is 1. The molecule has 0 aromatic heterocycles. The summed E-state index contributed by atoms with van der Waals surface area (Å²) < 4.78 is 5.39. The van der Waals surface area contributed by atoms with Crippen LogP contribution in [0.2, 0.25) is 0 Å². The first-order valence-corrected chi connectivity index (χ1v) is 7.13. The Morgan fingerprint density at radius 1 is 1.29 bits per heavy atom. The van der Waals surface area contributed by atoms with Crippen LogP contribution in [0, 0.1) is 0 Å². The van der Waals surface area contributed by atoms with Gasteiger partial charge in [-0.1, -0.05) is 18.9 Å². The lowest BCUT2D eigenvalue weighted by atomic mass is 9.96. The van der Waals surface area contributed by atoms with E-state index in [-0.39, 0.29) is 5.91 Å². The summed E-state index contributed by atoms with van der Waals surface area (Å²) in [5, 5.41) is 2.80. The summed E-state index contributed by atoms with van der Waals surface area (Å²) in [6.45, 7) is 0.789. The van der Waals surface area contributed by atoms with Gasteiger partial charge in [-0.05, 0) is 31.0 Å². The van der Waals surface area contributed by atoms with E-state index < -0.39 is 11.4 Å². The second kappa shape index (κ2) is 6.58. The molecule has 5 N–H and O–H groups in total. The molecule has 1 aliphatic rings. The van der Waals surface area contributed by atoms with Crippen LogP contribution in [0.3, 0.4) is 0 Å². The average molecular weight is 291 g/mol. The summed E-state index contributed by atoms with van der Waals surface area (Å²) >= 11 is 0. The lowest BCUT2D eigenvalue weighted by molar-refractivity contribution is -0.123.